The van der Waals surface area contributed by atoms with Gasteiger partial charge in [-0.2, -0.15) is 0 Å². The van der Waals surface area contributed by atoms with Crippen LogP contribution in [0.4, 0.5) is 0 Å². The fourth-order valence-corrected chi connectivity index (χ4v) is 2.42. The van der Waals surface area contributed by atoms with E-state index in [0.717, 1.165) is 17.9 Å². The molecule has 0 spiro atoms. The first-order chi connectivity index (χ1) is 9.91. The van der Waals surface area contributed by atoms with Crippen molar-refractivity contribution < 1.29 is 4.74 Å². The molecule has 0 aromatic carbocycles. The Balaban J connectivity index is 2.54. The molecular formula is C18H26N2O. The third kappa shape index (κ3) is 3.29. The zero-order valence-electron chi connectivity index (χ0n) is 14.0. The number of nitrogens with zero attached hydrogens (tertiary/aromatic N) is 2. The van der Waals surface area contributed by atoms with Gasteiger partial charge in [0.2, 0.25) is 5.88 Å². The molecule has 0 radical (unpaired) electrons. The minimum atomic E-state index is 0.491. The molecule has 0 atom stereocenters. The van der Waals surface area contributed by atoms with Crippen molar-refractivity contribution in [2.45, 2.75) is 48.1 Å². The first kappa shape index (κ1) is 15.6. The minimum Gasteiger partial charge on any atom is -0.476 e. The summed E-state index contributed by atoms with van der Waals surface area (Å²) in [6.45, 7) is 14.5. The Hall–Kier alpha value is -1.77. The lowest BCUT2D eigenvalue weighted by molar-refractivity contribution is 0.263. The van der Waals surface area contributed by atoms with Gasteiger partial charge in [0.1, 0.15) is 5.52 Å². The maximum Gasteiger partial charge on any atom is 0.238 e. The molecule has 2 aromatic heterocycles. The molecule has 21 heavy (non-hydrogen) atoms. The van der Waals surface area contributed by atoms with Gasteiger partial charge in [0.25, 0.3) is 0 Å². The predicted molar refractivity (Wildman–Crippen MR) is 89.0 cm³/mol. The third-order valence-corrected chi connectivity index (χ3v) is 3.75. The Morgan fingerprint density at radius 1 is 1.33 bits per heavy atom. The van der Waals surface area contributed by atoms with Crippen LogP contribution in [0.2, 0.25) is 0 Å². The van der Waals surface area contributed by atoms with Gasteiger partial charge in [-0.15, -0.1) is 0 Å². The summed E-state index contributed by atoms with van der Waals surface area (Å²) in [7, 11) is 0. The molecule has 114 valence electrons. The largest absolute Gasteiger partial charge is 0.476 e. The average molecular weight is 286 g/mol. The molecule has 2 heterocycles. The highest BCUT2D eigenvalue weighted by molar-refractivity contribution is 5.88. The molecule has 2 rings (SSSR count). The van der Waals surface area contributed by atoms with Crippen LogP contribution in [0, 0.1) is 19.8 Å². The molecule has 0 saturated heterocycles. The van der Waals surface area contributed by atoms with Crippen LogP contribution < -0.4 is 4.74 Å². The van der Waals surface area contributed by atoms with Crippen LogP contribution in [0.5, 0.6) is 5.88 Å². The molecule has 2 aromatic rings. The number of rotatable bonds is 5. The van der Waals surface area contributed by atoms with E-state index in [0.29, 0.717) is 12.5 Å². The highest BCUT2D eigenvalue weighted by atomic mass is 16.5. The van der Waals surface area contributed by atoms with Crippen molar-refractivity contribution >= 4 is 10.9 Å². The van der Waals surface area contributed by atoms with Crippen molar-refractivity contribution in [1.82, 2.24) is 9.55 Å². The molecule has 0 unspecified atom stereocenters. The lowest BCUT2D eigenvalue weighted by Crippen LogP contribution is -2.07. The number of aryl methyl sites for hydroxylation is 1. The normalized spacial score (nSPS) is 11.2. The summed E-state index contributed by atoms with van der Waals surface area (Å²) in [6, 6.07) is 2.08. The third-order valence-electron chi connectivity index (χ3n) is 3.75. The number of hydrogen-bond donors (Lipinski definition) is 0. The van der Waals surface area contributed by atoms with E-state index in [1.807, 2.05) is 6.20 Å². The molecule has 3 heteroatoms. The van der Waals surface area contributed by atoms with Gasteiger partial charge in [0, 0.05) is 23.8 Å². The van der Waals surface area contributed by atoms with Crippen LogP contribution in [0.1, 0.15) is 39.0 Å². The summed E-state index contributed by atoms with van der Waals surface area (Å²) in [5.74, 6) is 1.24. The smallest absolute Gasteiger partial charge is 0.238 e. The lowest BCUT2D eigenvalue weighted by Gasteiger charge is -2.12. The maximum absolute atomic E-state index is 5.94. The molecule has 0 saturated carbocycles. The van der Waals surface area contributed by atoms with Crippen LogP contribution in [0.3, 0.4) is 0 Å². The summed E-state index contributed by atoms with van der Waals surface area (Å²) in [4.78, 5) is 4.46. The van der Waals surface area contributed by atoms with Gasteiger partial charge in [-0.3, -0.25) is 0 Å². The van der Waals surface area contributed by atoms with E-state index in [1.54, 1.807) is 0 Å². The second-order valence-electron chi connectivity index (χ2n) is 6.32. The zero-order chi connectivity index (χ0) is 15.6. The highest BCUT2D eigenvalue weighted by Crippen LogP contribution is 2.31. The summed E-state index contributed by atoms with van der Waals surface area (Å²) < 4.78 is 8.25. The topological polar surface area (TPSA) is 27.1 Å². The number of aromatic nitrogens is 2. The predicted octanol–water partition coefficient (Wildman–Crippen LogP) is 4.65. The standard InChI is InChI=1S/C18H26N2O/c1-12(2)8-10-20-15(6)14(5)16-7-9-19-18(17(16)20)21-11-13(3)4/h7-9,13H,10-11H2,1-6H3. The van der Waals surface area contributed by atoms with Gasteiger partial charge >= 0.3 is 0 Å². The molecule has 0 aliphatic rings. The molecule has 0 aliphatic heterocycles. The first-order valence-electron chi connectivity index (χ1n) is 7.62. The molecular weight excluding hydrogens is 260 g/mol. The van der Waals surface area contributed by atoms with Crippen molar-refractivity contribution in [1.29, 1.82) is 0 Å². The Labute approximate surface area is 127 Å². The van der Waals surface area contributed by atoms with E-state index in [1.165, 1.54) is 22.2 Å². The molecule has 0 bridgehead atoms. The van der Waals surface area contributed by atoms with Crippen LogP contribution >= 0.6 is 0 Å². The maximum atomic E-state index is 5.94. The molecule has 3 nitrogen and oxygen atoms in total. The van der Waals surface area contributed by atoms with Gasteiger partial charge in [0.15, 0.2) is 0 Å². The number of fused-ring (bicyclic) bond motifs is 1. The molecule has 0 N–H and O–H groups in total. The molecule has 0 aliphatic carbocycles. The van der Waals surface area contributed by atoms with E-state index in [2.05, 4.69) is 63.2 Å². The minimum absolute atomic E-state index is 0.491. The van der Waals surface area contributed by atoms with Crippen molar-refractivity contribution in [2.75, 3.05) is 6.61 Å². The molecule has 0 fully saturated rings. The monoisotopic (exact) mass is 286 g/mol. The zero-order valence-corrected chi connectivity index (χ0v) is 14.0. The average Bonchev–Trinajstić information content (AvgIpc) is 2.67. The second-order valence-corrected chi connectivity index (χ2v) is 6.32. The summed E-state index contributed by atoms with van der Waals surface area (Å²) in [5.41, 5.74) is 5.03. The van der Waals surface area contributed by atoms with Crippen LogP contribution in [0.15, 0.2) is 23.9 Å². The van der Waals surface area contributed by atoms with Gasteiger partial charge < -0.3 is 9.30 Å². The van der Waals surface area contributed by atoms with Crippen molar-refractivity contribution in [3.05, 3.63) is 35.2 Å². The van der Waals surface area contributed by atoms with E-state index in [-0.39, 0.29) is 0 Å². The Morgan fingerprint density at radius 2 is 2.05 bits per heavy atom. The van der Waals surface area contributed by atoms with E-state index in [9.17, 15) is 0 Å². The van der Waals surface area contributed by atoms with Gasteiger partial charge in [0.05, 0.1) is 6.61 Å². The second kappa shape index (κ2) is 6.33. The Kier molecular flexibility index (Phi) is 4.71. The first-order valence-corrected chi connectivity index (χ1v) is 7.62. The number of allylic oxidation sites excluding steroid dienone is 2. The van der Waals surface area contributed by atoms with Crippen LogP contribution in [-0.4, -0.2) is 16.2 Å². The van der Waals surface area contributed by atoms with E-state index >= 15 is 0 Å². The number of pyridine rings is 1. The summed E-state index contributed by atoms with van der Waals surface area (Å²) in [5, 5.41) is 1.24. The SMILES string of the molecule is CC(C)=CCn1c(C)c(C)c2ccnc(OCC(C)C)c21. The van der Waals surface area contributed by atoms with Gasteiger partial charge in [-0.05, 0) is 45.2 Å². The summed E-state index contributed by atoms with van der Waals surface area (Å²) in [6.07, 6.45) is 4.08. The van der Waals surface area contributed by atoms with Crippen molar-refractivity contribution in [2.24, 2.45) is 5.92 Å². The van der Waals surface area contributed by atoms with Crippen molar-refractivity contribution in [3.63, 3.8) is 0 Å². The number of ether oxygens (including phenoxy) is 1. The summed E-state index contributed by atoms with van der Waals surface area (Å²) >= 11 is 0. The van der Waals surface area contributed by atoms with E-state index in [4.69, 9.17) is 4.74 Å². The van der Waals surface area contributed by atoms with Crippen LogP contribution in [-0.2, 0) is 6.54 Å². The quantitative estimate of drug-likeness (QED) is 0.748. The van der Waals surface area contributed by atoms with Crippen LogP contribution in [0.25, 0.3) is 10.9 Å². The fraction of sp³-hybridized carbons (Fsp3) is 0.500. The highest BCUT2D eigenvalue weighted by Gasteiger charge is 2.15. The Morgan fingerprint density at radius 3 is 2.67 bits per heavy atom. The Bertz CT molecular complexity index is 661. The fourth-order valence-electron chi connectivity index (χ4n) is 2.42. The molecule has 0 amide bonds. The number of hydrogen-bond acceptors (Lipinski definition) is 2. The van der Waals surface area contributed by atoms with Gasteiger partial charge in [-0.25, -0.2) is 4.98 Å². The van der Waals surface area contributed by atoms with Crippen molar-refractivity contribution in [3.8, 4) is 5.88 Å². The lowest BCUT2D eigenvalue weighted by atomic mass is 10.2. The van der Waals surface area contributed by atoms with E-state index < -0.39 is 0 Å². The van der Waals surface area contributed by atoms with Gasteiger partial charge in [-0.1, -0.05) is 25.5 Å².